The molecule has 3 nitrogen and oxygen atoms in total. The van der Waals surface area contributed by atoms with Crippen molar-refractivity contribution >= 4 is 39.6 Å². The van der Waals surface area contributed by atoms with Crippen LogP contribution in [-0.4, -0.2) is 23.2 Å². The Bertz CT molecular complexity index is 2290. The van der Waals surface area contributed by atoms with Gasteiger partial charge in [-0.15, -0.1) is 18.2 Å². The van der Waals surface area contributed by atoms with Gasteiger partial charge in [0.15, 0.2) is 0 Å². The summed E-state index contributed by atoms with van der Waals surface area (Å²) >= 11 is -1.89. The molecule has 4 aromatic carbocycles. The van der Waals surface area contributed by atoms with Crippen molar-refractivity contribution in [1.82, 2.24) is 9.97 Å². The van der Waals surface area contributed by atoms with Gasteiger partial charge in [-0.1, -0.05) is 85.8 Å². The molecule has 8 rings (SSSR count). The molecule has 1 aliphatic carbocycles. The molecule has 0 spiro atoms. The largest absolute Gasteiger partial charge is 0 e. The van der Waals surface area contributed by atoms with E-state index in [1.54, 1.807) is 9.96 Å². The van der Waals surface area contributed by atoms with Crippen molar-refractivity contribution < 1.29 is 24.5 Å². The van der Waals surface area contributed by atoms with E-state index < -0.39 is 13.3 Å². The summed E-state index contributed by atoms with van der Waals surface area (Å²) in [5, 5.41) is 2.22. The number of fused-ring (bicyclic) bond motifs is 3. The number of rotatable bonds is 8. The minimum Gasteiger partial charge on any atom is 0 e. The van der Waals surface area contributed by atoms with Gasteiger partial charge in [-0.05, 0) is 40.8 Å². The Labute approximate surface area is 338 Å². The molecular weight excluding hydrogens is 897 g/mol. The first kappa shape index (κ1) is 39.9. The molecule has 279 valence electrons. The Morgan fingerprint density at radius 1 is 0.741 bits per heavy atom. The van der Waals surface area contributed by atoms with Crippen LogP contribution in [0.1, 0.15) is 69.9 Å². The molecule has 1 unspecified atom stereocenters. The van der Waals surface area contributed by atoms with Crippen LogP contribution < -0.4 is 4.40 Å². The molecule has 0 saturated heterocycles. The van der Waals surface area contributed by atoms with Crippen LogP contribution in [0.4, 0.5) is 0 Å². The molecule has 0 N–H and O–H groups in total. The van der Waals surface area contributed by atoms with Crippen LogP contribution in [0.5, 0.6) is 0 Å². The van der Waals surface area contributed by atoms with Crippen LogP contribution in [0.25, 0.3) is 55.6 Å². The van der Waals surface area contributed by atoms with E-state index in [0.29, 0.717) is 11.8 Å². The number of aromatic nitrogens is 2. The van der Waals surface area contributed by atoms with Crippen LogP contribution in [0.2, 0.25) is 17.3 Å². The van der Waals surface area contributed by atoms with Gasteiger partial charge in [-0.2, -0.15) is 0 Å². The second-order valence-corrected chi connectivity index (χ2v) is 26.8. The van der Waals surface area contributed by atoms with Crippen LogP contribution in [0.3, 0.4) is 0 Å². The second kappa shape index (κ2) is 17.8. The van der Waals surface area contributed by atoms with Crippen LogP contribution in [-0.2, 0) is 26.5 Å². The summed E-state index contributed by atoms with van der Waals surface area (Å²) in [6.45, 7) is 6.77. The van der Waals surface area contributed by atoms with E-state index in [9.17, 15) is 0 Å². The SMILES string of the molecule is CC(C)C(C)c1ccnc(-c2[c-]ccc3c2oc2cc(-c4ccccc4)ccc23)c1.[CH3][Ge]([CH3])([CH3])[c]1cnc(-c2[c-]cccc2)cc1CC1CCCCC1.[Ir]. The fourth-order valence-electron chi connectivity index (χ4n) is 7.74. The zero-order valence-electron chi connectivity index (χ0n) is 32.6. The molecular formula is C49H52GeIrN2O-2. The molecule has 1 aliphatic rings. The summed E-state index contributed by atoms with van der Waals surface area (Å²) in [6, 6.07) is 42.4. The van der Waals surface area contributed by atoms with Gasteiger partial charge < -0.3 is 9.40 Å². The van der Waals surface area contributed by atoms with Gasteiger partial charge in [-0.25, -0.2) is 0 Å². The number of hydrogen-bond acceptors (Lipinski definition) is 3. The predicted molar refractivity (Wildman–Crippen MR) is 226 cm³/mol. The first-order valence-electron chi connectivity index (χ1n) is 19.5. The second-order valence-electron chi connectivity index (χ2n) is 16.2. The first-order valence-corrected chi connectivity index (χ1v) is 26.8. The Morgan fingerprint density at radius 2 is 1.52 bits per heavy atom. The van der Waals surface area contributed by atoms with Crippen molar-refractivity contribution in [3.63, 3.8) is 0 Å². The molecule has 7 aromatic rings. The van der Waals surface area contributed by atoms with Gasteiger partial charge in [0.25, 0.3) is 0 Å². The van der Waals surface area contributed by atoms with Crippen LogP contribution >= 0.6 is 0 Å². The van der Waals surface area contributed by atoms with Crippen molar-refractivity contribution in [2.24, 2.45) is 11.8 Å². The maximum atomic E-state index is 6.38. The molecule has 5 heteroatoms. The number of nitrogens with zero attached hydrogens (tertiary/aromatic N) is 2. The molecule has 1 atom stereocenters. The minimum atomic E-state index is -1.89. The van der Waals surface area contributed by atoms with Gasteiger partial charge in [-0.3, -0.25) is 0 Å². The summed E-state index contributed by atoms with van der Waals surface area (Å²) in [4.78, 5) is 9.43. The van der Waals surface area contributed by atoms with Gasteiger partial charge in [0, 0.05) is 31.7 Å². The quantitative estimate of drug-likeness (QED) is 0.113. The maximum absolute atomic E-state index is 6.38. The molecule has 54 heavy (non-hydrogen) atoms. The fourth-order valence-corrected chi connectivity index (χ4v) is 11.1. The number of hydrogen-bond donors (Lipinski definition) is 0. The Balaban J connectivity index is 0.000000187. The number of furan rings is 1. The minimum absolute atomic E-state index is 0. The first-order chi connectivity index (χ1) is 25.7. The molecule has 3 heterocycles. The zero-order valence-corrected chi connectivity index (χ0v) is 37.1. The van der Waals surface area contributed by atoms with Crippen molar-refractivity contribution in [2.45, 2.75) is 82.5 Å². The standard InChI is InChI=1S/C28H24NO.C21H28GeN.Ir/c1-18(2)19(3)21-14-15-29-26(16-21)25-11-7-10-24-23-13-12-22(17-27(23)30-28(24)25)20-8-5-4-6-9-20;1-22(2,3)20-16-23-21(18-12-8-5-9-13-18)15-19(20)14-17-10-6-4-7-11-17;/h4-10,12-19H,1-3H3;5,8-9,12,15-17H,4,6-7,10-11,14H2,1-3H3;/q2*-1;. The van der Waals surface area contributed by atoms with Gasteiger partial charge >= 0.3 is 144 Å². The molecule has 1 saturated carbocycles. The fraction of sp³-hybridized carbons (Fsp3) is 0.306. The van der Waals surface area contributed by atoms with Crippen molar-refractivity contribution in [3.8, 4) is 33.6 Å². The Hall–Kier alpha value is -3.83. The van der Waals surface area contributed by atoms with Crippen LogP contribution in [0, 0.1) is 24.0 Å². The topological polar surface area (TPSA) is 38.9 Å². The van der Waals surface area contributed by atoms with Gasteiger partial charge in [0.2, 0.25) is 0 Å². The molecule has 0 amide bonds. The van der Waals surface area contributed by atoms with E-state index in [4.69, 9.17) is 9.40 Å². The maximum Gasteiger partial charge on any atom is 0 e. The van der Waals surface area contributed by atoms with E-state index in [1.807, 2.05) is 30.5 Å². The normalized spacial score (nSPS) is 14.1. The third-order valence-electron chi connectivity index (χ3n) is 11.1. The summed E-state index contributed by atoms with van der Waals surface area (Å²) in [6.07, 6.45) is 12.4. The Kier molecular flexibility index (Phi) is 13.1. The average Bonchev–Trinajstić information content (AvgIpc) is 3.57. The van der Waals surface area contributed by atoms with E-state index in [0.717, 1.165) is 55.9 Å². The molecule has 1 fully saturated rings. The summed E-state index contributed by atoms with van der Waals surface area (Å²) in [7, 11) is 0. The van der Waals surface area contributed by atoms with E-state index in [2.05, 4.69) is 140 Å². The Morgan fingerprint density at radius 3 is 2.24 bits per heavy atom. The predicted octanol–water partition coefficient (Wildman–Crippen LogP) is 13.1. The van der Waals surface area contributed by atoms with Crippen LogP contribution in [0.15, 0.2) is 120 Å². The summed E-state index contributed by atoms with van der Waals surface area (Å²) in [5.41, 5.74) is 11.0. The van der Waals surface area contributed by atoms with Crippen molar-refractivity contribution in [2.75, 3.05) is 0 Å². The van der Waals surface area contributed by atoms with E-state index in [1.165, 1.54) is 49.7 Å². The van der Waals surface area contributed by atoms with Crippen molar-refractivity contribution in [1.29, 1.82) is 0 Å². The third kappa shape index (κ3) is 9.16. The summed E-state index contributed by atoms with van der Waals surface area (Å²) < 4.78 is 7.97. The smallest absolute Gasteiger partial charge is 0 e. The van der Waals surface area contributed by atoms with Gasteiger partial charge in [0.1, 0.15) is 5.58 Å². The van der Waals surface area contributed by atoms with Crippen molar-refractivity contribution in [3.05, 3.63) is 139 Å². The summed E-state index contributed by atoms with van der Waals surface area (Å²) in [5.74, 6) is 9.36. The van der Waals surface area contributed by atoms with Gasteiger partial charge in [0.05, 0.1) is 5.58 Å². The molecule has 0 bridgehead atoms. The molecule has 0 aliphatic heterocycles. The number of pyridine rings is 2. The van der Waals surface area contributed by atoms with E-state index >= 15 is 0 Å². The molecule has 1 radical (unpaired) electrons. The molecule has 3 aromatic heterocycles. The zero-order chi connectivity index (χ0) is 37.0. The monoisotopic (exact) mass is 951 g/mol. The third-order valence-corrected chi connectivity index (χ3v) is 15.5. The van der Waals surface area contributed by atoms with E-state index in [-0.39, 0.29) is 20.1 Å². The average molecular weight is 950 g/mol. The number of benzene rings is 4.